The van der Waals surface area contributed by atoms with Crippen LogP contribution in [-0.4, -0.2) is 26.3 Å². The van der Waals surface area contributed by atoms with E-state index < -0.39 is 0 Å². The largest absolute Gasteiger partial charge is 0.369 e. The smallest absolute Gasteiger partial charge is 0.226 e. The van der Waals surface area contributed by atoms with Gasteiger partial charge in [-0.25, -0.2) is 4.68 Å². The average molecular weight is 310 g/mol. The summed E-state index contributed by atoms with van der Waals surface area (Å²) in [6.07, 6.45) is 6.67. The topological polar surface area (TPSA) is 55.6 Å². The van der Waals surface area contributed by atoms with E-state index in [0.29, 0.717) is 0 Å². The van der Waals surface area contributed by atoms with Crippen molar-refractivity contribution in [3.63, 3.8) is 0 Å². The highest BCUT2D eigenvalue weighted by Crippen LogP contribution is 2.26. The second kappa shape index (κ2) is 6.60. The molecule has 2 aromatic heterocycles. The van der Waals surface area contributed by atoms with Crippen LogP contribution in [-0.2, 0) is 5.54 Å². The van der Waals surface area contributed by atoms with Gasteiger partial charge in [-0.15, -0.1) is 0 Å². The van der Waals surface area contributed by atoms with E-state index in [2.05, 4.69) is 48.1 Å². The fourth-order valence-corrected chi connectivity index (χ4v) is 2.43. The Morgan fingerprint density at radius 2 is 1.95 bits per heavy atom. The molecule has 2 heterocycles. The number of rotatable bonds is 6. The summed E-state index contributed by atoms with van der Waals surface area (Å²) >= 11 is 6.06. The van der Waals surface area contributed by atoms with Crippen LogP contribution >= 0.6 is 11.6 Å². The molecule has 0 radical (unpaired) electrons. The zero-order valence-corrected chi connectivity index (χ0v) is 14.0. The van der Waals surface area contributed by atoms with Gasteiger partial charge >= 0.3 is 0 Å². The molecule has 0 bridgehead atoms. The van der Waals surface area contributed by atoms with Crippen molar-refractivity contribution < 1.29 is 0 Å². The predicted octanol–water partition coefficient (Wildman–Crippen LogP) is 4.23. The molecule has 5 nitrogen and oxygen atoms in total. The van der Waals surface area contributed by atoms with Crippen LogP contribution in [0, 0.1) is 0 Å². The summed E-state index contributed by atoms with van der Waals surface area (Å²) in [5, 5.41) is 8.98. The number of unbranched alkanes of at least 4 members (excludes halogenated alkanes) is 3. The first-order valence-electron chi connectivity index (χ1n) is 7.59. The third kappa shape index (κ3) is 3.84. The molecule has 0 aliphatic carbocycles. The van der Waals surface area contributed by atoms with Gasteiger partial charge in [0.1, 0.15) is 5.82 Å². The van der Waals surface area contributed by atoms with Gasteiger partial charge in [-0.1, -0.05) is 26.2 Å². The molecule has 0 atom stereocenters. The lowest BCUT2D eigenvalue weighted by molar-refractivity contribution is 0.366. The molecule has 0 saturated carbocycles. The molecule has 2 aromatic rings. The van der Waals surface area contributed by atoms with E-state index in [1.165, 1.54) is 19.3 Å². The molecule has 2 rings (SSSR count). The SMILES string of the molecule is CCCCCCNc1nc(Cl)nc2c1cnn2C(C)(C)C. The van der Waals surface area contributed by atoms with Crippen molar-refractivity contribution in [2.45, 2.75) is 58.9 Å². The molecule has 116 valence electrons. The Morgan fingerprint density at radius 3 is 2.62 bits per heavy atom. The maximum absolute atomic E-state index is 6.06. The van der Waals surface area contributed by atoms with Gasteiger partial charge in [0.05, 0.1) is 17.1 Å². The van der Waals surface area contributed by atoms with Crippen LogP contribution in [0.2, 0.25) is 5.28 Å². The number of hydrogen-bond donors (Lipinski definition) is 1. The van der Waals surface area contributed by atoms with Crippen LogP contribution < -0.4 is 5.32 Å². The van der Waals surface area contributed by atoms with E-state index in [0.717, 1.165) is 29.8 Å². The minimum Gasteiger partial charge on any atom is -0.369 e. The Morgan fingerprint density at radius 1 is 1.19 bits per heavy atom. The van der Waals surface area contributed by atoms with E-state index in [-0.39, 0.29) is 10.8 Å². The molecule has 0 fully saturated rings. The fourth-order valence-electron chi connectivity index (χ4n) is 2.27. The number of anilines is 1. The number of fused-ring (bicyclic) bond motifs is 1. The van der Waals surface area contributed by atoms with Gasteiger partial charge in [0.2, 0.25) is 5.28 Å². The van der Waals surface area contributed by atoms with Crippen LogP contribution in [0.5, 0.6) is 0 Å². The van der Waals surface area contributed by atoms with Gasteiger partial charge in [0.25, 0.3) is 0 Å². The summed E-state index contributed by atoms with van der Waals surface area (Å²) in [5.74, 6) is 0.775. The van der Waals surface area contributed by atoms with Crippen molar-refractivity contribution in [1.29, 1.82) is 0 Å². The van der Waals surface area contributed by atoms with Crippen LogP contribution in [0.15, 0.2) is 6.20 Å². The van der Waals surface area contributed by atoms with Crippen molar-refractivity contribution in [2.75, 3.05) is 11.9 Å². The standard InChI is InChI=1S/C15H24ClN5/c1-5-6-7-8-9-17-12-11-10-18-21(15(2,3)4)13(11)20-14(16)19-12/h10H,5-9H2,1-4H3,(H,17,19,20). The quantitative estimate of drug-likeness (QED) is 0.641. The first-order valence-corrected chi connectivity index (χ1v) is 7.97. The normalized spacial score (nSPS) is 12.0. The predicted molar refractivity (Wildman–Crippen MR) is 88.0 cm³/mol. The average Bonchev–Trinajstić information content (AvgIpc) is 2.81. The molecule has 0 unspecified atom stereocenters. The Balaban J connectivity index is 2.22. The molecule has 0 saturated heterocycles. The lowest BCUT2D eigenvalue weighted by Gasteiger charge is -2.19. The first-order chi connectivity index (χ1) is 9.93. The Bertz CT molecular complexity index is 600. The number of aromatic nitrogens is 4. The Kier molecular flexibility index (Phi) is 5.04. The maximum atomic E-state index is 6.06. The fraction of sp³-hybridized carbons (Fsp3) is 0.667. The van der Waals surface area contributed by atoms with Gasteiger partial charge in [-0.2, -0.15) is 15.1 Å². The summed E-state index contributed by atoms with van der Waals surface area (Å²) in [7, 11) is 0. The number of nitrogens with one attached hydrogen (secondary N) is 1. The lowest BCUT2D eigenvalue weighted by Crippen LogP contribution is -2.23. The van der Waals surface area contributed by atoms with Crippen molar-refractivity contribution in [2.24, 2.45) is 0 Å². The molecule has 1 N–H and O–H groups in total. The van der Waals surface area contributed by atoms with Crippen LogP contribution in [0.4, 0.5) is 5.82 Å². The molecule has 0 aliphatic heterocycles. The lowest BCUT2D eigenvalue weighted by atomic mass is 10.1. The van der Waals surface area contributed by atoms with Crippen LogP contribution in [0.3, 0.4) is 0 Å². The zero-order chi connectivity index (χ0) is 15.5. The highest BCUT2D eigenvalue weighted by Gasteiger charge is 2.20. The van der Waals surface area contributed by atoms with Gasteiger partial charge < -0.3 is 5.32 Å². The molecule has 0 aromatic carbocycles. The molecule has 6 heteroatoms. The minimum absolute atomic E-state index is 0.141. The van der Waals surface area contributed by atoms with Crippen molar-refractivity contribution >= 4 is 28.5 Å². The number of nitrogens with zero attached hydrogens (tertiary/aromatic N) is 4. The van der Waals surface area contributed by atoms with Gasteiger partial charge in [-0.3, -0.25) is 0 Å². The van der Waals surface area contributed by atoms with Crippen molar-refractivity contribution in [1.82, 2.24) is 19.7 Å². The van der Waals surface area contributed by atoms with E-state index in [4.69, 9.17) is 11.6 Å². The Hall–Kier alpha value is -1.36. The maximum Gasteiger partial charge on any atom is 0.226 e. The summed E-state index contributed by atoms with van der Waals surface area (Å²) in [4.78, 5) is 8.64. The summed E-state index contributed by atoms with van der Waals surface area (Å²) in [6, 6.07) is 0. The number of hydrogen-bond acceptors (Lipinski definition) is 4. The van der Waals surface area contributed by atoms with Crippen molar-refractivity contribution in [3.8, 4) is 0 Å². The van der Waals surface area contributed by atoms with Gasteiger partial charge in [0.15, 0.2) is 5.65 Å². The van der Waals surface area contributed by atoms with E-state index in [1.54, 1.807) is 0 Å². The van der Waals surface area contributed by atoms with Crippen LogP contribution in [0.1, 0.15) is 53.4 Å². The van der Waals surface area contributed by atoms with Gasteiger partial charge in [0, 0.05) is 6.54 Å². The second-order valence-corrected chi connectivity index (χ2v) is 6.63. The molecule has 0 amide bonds. The molecule has 0 aliphatic rings. The Labute approximate surface area is 131 Å². The van der Waals surface area contributed by atoms with Crippen molar-refractivity contribution in [3.05, 3.63) is 11.5 Å². The van der Waals surface area contributed by atoms with Gasteiger partial charge in [-0.05, 0) is 38.8 Å². The molecule has 21 heavy (non-hydrogen) atoms. The minimum atomic E-state index is -0.141. The summed E-state index contributed by atoms with van der Waals surface area (Å²) in [5.41, 5.74) is 0.635. The highest BCUT2D eigenvalue weighted by atomic mass is 35.5. The summed E-state index contributed by atoms with van der Waals surface area (Å²) in [6.45, 7) is 9.37. The zero-order valence-electron chi connectivity index (χ0n) is 13.3. The van der Waals surface area contributed by atoms with Crippen LogP contribution in [0.25, 0.3) is 11.0 Å². The summed E-state index contributed by atoms with van der Waals surface area (Å²) < 4.78 is 1.89. The third-order valence-electron chi connectivity index (χ3n) is 3.36. The molecular formula is C15H24ClN5. The molecule has 0 spiro atoms. The first kappa shape index (κ1) is 16.0. The molecular weight excluding hydrogens is 286 g/mol. The third-order valence-corrected chi connectivity index (χ3v) is 3.53. The monoisotopic (exact) mass is 309 g/mol. The second-order valence-electron chi connectivity index (χ2n) is 6.29. The number of halogens is 1. The van der Waals surface area contributed by atoms with E-state index in [1.807, 2.05) is 10.9 Å². The van der Waals surface area contributed by atoms with E-state index in [9.17, 15) is 0 Å². The van der Waals surface area contributed by atoms with E-state index >= 15 is 0 Å². The highest BCUT2D eigenvalue weighted by molar-refractivity contribution is 6.28.